The van der Waals surface area contributed by atoms with Gasteiger partial charge < -0.3 is 115 Å². The maximum absolute atomic E-state index is 15.2. The highest BCUT2D eigenvalue weighted by atomic mass is 16.5. The second-order valence-corrected chi connectivity index (χ2v) is 33.7. The van der Waals surface area contributed by atoms with Crippen molar-refractivity contribution >= 4 is 77.0 Å². The summed E-state index contributed by atoms with van der Waals surface area (Å²) in [6.45, 7) is 15.0. The van der Waals surface area contributed by atoms with E-state index in [9.17, 15) is 38.7 Å². The number of ether oxygens (including phenoxy) is 1. The minimum atomic E-state index is -1.55. The van der Waals surface area contributed by atoms with Crippen LogP contribution in [0.15, 0.2) is 124 Å². The molecule has 0 saturated carbocycles. The fourth-order valence-corrected chi connectivity index (χ4v) is 15.0. The Hall–Kier alpha value is -13.5. The Morgan fingerprint density at radius 1 is 0.320 bits per heavy atom. The van der Waals surface area contributed by atoms with Crippen LogP contribution in [-0.4, -0.2) is 234 Å². The number of hydrogen-bond donors (Lipinski definition) is 21. The smallest absolute Gasteiger partial charge is 0.407 e. The second-order valence-electron chi connectivity index (χ2n) is 33.7. The van der Waals surface area contributed by atoms with Gasteiger partial charge in [-0.15, -0.1) is 0 Å². The minimum Gasteiger partial charge on any atom is -0.480 e. The number of aliphatic carboxylic acids is 1. The van der Waals surface area contributed by atoms with Crippen LogP contribution in [0.3, 0.4) is 0 Å². The molecule has 1 aliphatic rings. The summed E-state index contributed by atoms with van der Waals surface area (Å²) in [7, 11) is 0. The number of nitrogens with one attached hydrogen (secondary N) is 18. The maximum atomic E-state index is 15.2. The van der Waals surface area contributed by atoms with Gasteiger partial charge in [0.05, 0.1) is 72.1 Å². The highest BCUT2D eigenvalue weighted by molar-refractivity contribution is 6.00. The number of amides is 12. The largest absolute Gasteiger partial charge is 0.480 e. The zero-order valence-electron chi connectivity index (χ0n) is 73.3. The van der Waals surface area contributed by atoms with Crippen molar-refractivity contribution in [2.45, 2.75) is 237 Å². The average molecular weight is 1770 g/mol. The number of rotatable bonds is 54. The van der Waals surface area contributed by atoms with E-state index in [1.54, 1.807) is 41.5 Å². The van der Waals surface area contributed by atoms with Crippen molar-refractivity contribution in [2.75, 3.05) is 19.7 Å². The molecule has 41 heteroatoms. The van der Waals surface area contributed by atoms with Crippen molar-refractivity contribution in [3.8, 4) is 11.1 Å². The molecule has 690 valence electrons. The summed E-state index contributed by atoms with van der Waals surface area (Å²) in [6.07, 6.45) is 16.7. The fraction of sp³-hybridized carbons (Fsp3) is 0.506. The Morgan fingerprint density at radius 2 is 0.547 bits per heavy atom. The van der Waals surface area contributed by atoms with E-state index in [-0.39, 0.29) is 131 Å². The minimum absolute atomic E-state index is 0.000683. The third-order valence-corrected chi connectivity index (χ3v) is 21.4. The molecular weight excluding hydrogens is 1650 g/mol. The molecule has 6 aromatic heterocycles. The molecule has 0 bridgehead atoms. The molecule has 12 atom stereocenters. The van der Waals surface area contributed by atoms with Gasteiger partial charge >= 0.3 is 12.1 Å². The van der Waals surface area contributed by atoms with Gasteiger partial charge in [0.2, 0.25) is 65.0 Å². The molecule has 6 heterocycles. The van der Waals surface area contributed by atoms with Crippen LogP contribution in [0, 0.1) is 23.7 Å². The van der Waals surface area contributed by atoms with E-state index >= 15 is 28.8 Å². The lowest BCUT2D eigenvalue weighted by Gasteiger charge is -2.29. The number of imidazole rings is 6. The number of unbranched alkanes of at least 4 members (excludes halogenated alkanes) is 2. The van der Waals surface area contributed by atoms with Gasteiger partial charge in [-0.2, -0.15) is 0 Å². The van der Waals surface area contributed by atoms with E-state index in [2.05, 4.69) is 124 Å². The van der Waals surface area contributed by atoms with E-state index in [4.69, 9.17) is 16.2 Å². The molecule has 9 rings (SSSR count). The Morgan fingerprint density at radius 3 is 0.797 bits per heavy atom. The van der Waals surface area contributed by atoms with Crippen LogP contribution in [-0.2, 0) is 101 Å². The number of carbonyl (C=O) groups excluding carboxylic acids is 12. The Kier molecular flexibility index (Phi) is 38.0. The first-order valence-corrected chi connectivity index (χ1v) is 43.4. The topological polar surface area (TPSA) is 620 Å². The van der Waals surface area contributed by atoms with Gasteiger partial charge in [-0.25, -0.2) is 39.5 Å². The first kappa shape index (κ1) is 98.3. The number of nitrogens with zero attached hydrogens (tertiary/aromatic N) is 6. The lowest BCUT2D eigenvalue weighted by molar-refractivity contribution is -0.142. The first-order valence-electron chi connectivity index (χ1n) is 43.4. The molecule has 0 fully saturated rings. The Balaban J connectivity index is 0.902. The number of carboxylic acid groups (broad SMARTS) is 1. The zero-order valence-corrected chi connectivity index (χ0v) is 73.3. The van der Waals surface area contributed by atoms with Crippen molar-refractivity contribution in [1.82, 2.24) is 124 Å². The number of aromatic nitrogens is 12. The van der Waals surface area contributed by atoms with Crippen LogP contribution in [0.25, 0.3) is 11.1 Å². The van der Waals surface area contributed by atoms with Gasteiger partial charge in [0.25, 0.3) is 0 Å². The van der Waals surface area contributed by atoms with Gasteiger partial charge in [-0.05, 0) is 123 Å². The van der Waals surface area contributed by atoms with Gasteiger partial charge in [0, 0.05) is 81.6 Å². The molecule has 8 aromatic rings. The van der Waals surface area contributed by atoms with Gasteiger partial charge in [0.15, 0.2) is 0 Å². The third kappa shape index (κ3) is 30.7. The number of hydrogen-bond acceptors (Lipinski definition) is 22. The molecular formula is C87H122N26O15. The predicted octanol–water partition coefficient (Wildman–Crippen LogP) is 1.55. The van der Waals surface area contributed by atoms with E-state index in [1.165, 1.54) is 75.1 Å². The van der Waals surface area contributed by atoms with Crippen LogP contribution >= 0.6 is 0 Å². The number of aromatic amines is 6. The normalized spacial score (nSPS) is 14.6. The molecule has 41 nitrogen and oxygen atoms in total. The van der Waals surface area contributed by atoms with E-state index in [1.807, 2.05) is 62.4 Å². The summed E-state index contributed by atoms with van der Waals surface area (Å²) < 4.78 is 5.85. The second kappa shape index (κ2) is 49.4. The van der Waals surface area contributed by atoms with Crippen LogP contribution in [0.4, 0.5) is 4.79 Å². The van der Waals surface area contributed by atoms with Crippen molar-refractivity contribution in [3.05, 3.63) is 169 Å². The van der Waals surface area contributed by atoms with Crippen LogP contribution in [0.5, 0.6) is 0 Å². The Labute approximate surface area is 740 Å². The first-order chi connectivity index (χ1) is 61.4. The molecule has 1 aliphatic carbocycles. The maximum Gasteiger partial charge on any atom is 0.407 e. The van der Waals surface area contributed by atoms with E-state index < -0.39 is 150 Å². The van der Waals surface area contributed by atoms with Crippen LogP contribution < -0.4 is 75.3 Å². The van der Waals surface area contributed by atoms with Crippen molar-refractivity contribution < 1.29 is 72.2 Å². The molecule has 23 N–H and O–H groups in total. The summed E-state index contributed by atoms with van der Waals surface area (Å²) >= 11 is 0. The molecule has 12 amide bonds. The number of H-pyrrole nitrogens is 6. The predicted molar refractivity (Wildman–Crippen MR) is 468 cm³/mol. The van der Waals surface area contributed by atoms with Crippen molar-refractivity contribution in [2.24, 2.45) is 35.1 Å². The molecule has 0 saturated heterocycles. The average Bonchev–Trinajstić information content (AvgIpc) is 1.61. The quantitative estimate of drug-likeness (QED) is 0.0240. The summed E-state index contributed by atoms with van der Waals surface area (Å²) in [6, 6.07) is -1.27. The standard InChI is InChI=1S/C87H122N26O15/c1-48(2)25-65(105-81(120)70(30-53-36-91-43-97-53)112-85(124)74(34-57-40-95-47-101-57)109-79(118)68(28-51(7)8)113-87(127)128-41-62-60-19-11-9-17-58(60)59-18-10-12-20-61(59)62)76(115)104-66(26-49(3)4)77(116)107-73(33-56-39-94-46-100-56)84(123)111-71(31-54-37-92-44-98-54)82(121)106-67(27-50(5)6)78(117)108-72(32-55-38-93-45-99-55)83(122)110-69(29-52-35-90-42-96-52)80(119)102-63(21-13-15-23-88)75(114)103-64(86(125)126)22-14-16-24-89/h9-12,17-20,35-40,42-51,62-74H,13-16,21-34,41,88-89H2,1-8H3,(H,90,96)(H,91,97)(H,92,98)(H,93,99)(H,94,100)(H,95,101)(H,102,119)(H,103,114)(H,104,115)(H,105,120)(H,106,121)(H,107,116)(H,108,117)(H,109,118)(H,110,122)(H,111,123)(H,112,124)(H,113,127)(H,125,126)/t63-,64-,65-,66-,67-,68-,69-,70-,71-,72-,73-,74-/m0/s1. The molecule has 0 aliphatic heterocycles. The SMILES string of the molecule is CC(C)C[C@H](NC(=O)OCC1c2ccccc2-c2ccccc21)C(=O)N[C@@H](Cc1c[nH]cn1)C(=O)N[C@@H](Cc1c[nH]cn1)C(=O)N[C@@H](CC(C)C)C(=O)N[C@@H](CC(C)C)C(=O)N[C@@H](Cc1c[nH]cn1)C(=O)N[C@@H](Cc1c[nH]cn1)C(=O)N[C@@H](CC(C)C)C(=O)N[C@@H](Cc1c[nH]cn1)C(=O)N[C@@H](Cc1c[nH]cn1)C(=O)N[C@@H](CCCCN)C(=O)N[C@@H](CCCCN)C(=O)O. The Bertz CT molecular complexity index is 4820. The summed E-state index contributed by atoms with van der Waals surface area (Å²) in [5, 5.41) is 43.0. The summed E-state index contributed by atoms with van der Waals surface area (Å²) in [5.41, 5.74) is 17.3. The van der Waals surface area contributed by atoms with E-state index in [0.717, 1.165) is 22.3 Å². The number of carbonyl (C=O) groups is 13. The molecule has 0 unspecified atom stereocenters. The van der Waals surface area contributed by atoms with Gasteiger partial charge in [-0.1, -0.05) is 104 Å². The van der Waals surface area contributed by atoms with Gasteiger partial charge in [0.1, 0.15) is 79.1 Å². The molecule has 0 spiro atoms. The van der Waals surface area contributed by atoms with Gasteiger partial charge in [-0.3, -0.25) is 52.7 Å². The monoisotopic (exact) mass is 1770 g/mol. The number of fused-ring (bicyclic) bond motifs is 3. The lowest BCUT2D eigenvalue weighted by atomic mass is 9.98. The number of carboxylic acids is 1. The summed E-state index contributed by atoms with van der Waals surface area (Å²) in [4.78, 5) is 232. The van der Waals surface area contributed by atoms with Crippen LogP contribution in [0.2, 0.25) is 0 Å². The highest BCUT2D eigenvalue weighted by Crippen LogP contribution is 2.44. The number of nitrogens with two attached hydrogens (primary N) is 2. The molecule has 0 radical (unpaired) electrons. The molecule has 2 aromatic carbocycles. The summed E-state index contributed by atoms with van der Waals surface area (Å²) in [5.74, 6) is -12.0. The zero-order chi connectivity index (χ0) is 92.3. The third-order valence-electron chi connectivity index (χ3n) is 21.4. The van der Waals surface area contributed by atoms with Crippen molar-refractivity contribution in [1.29, 1.82) is 0 Å². The van der Waals surface area contributed by atoms with Crippen LogP contribution in [0.1, 0.15) is 171 Å². The number of benzene rings is 2. The molecule has 128 heavy (non-hydrogen) atoms. The number of alkyl carbamates (subject to hydrolysis) is 1. The fourth-order valence-electron chi connectivity index (χ4n) is 15.0. The van der Waals surface area contributed by atoms with Crippen molar-refractivity contribution in [3.63, 3.8) is 0 Å². The highest BCUT2D eigenvalue weighted by Gasteiger charge is 2.40. The van der Waals surface area contributed by atoms with E-state index in [0.29, 0.717) is 55.0 Å². The lowest BCUT2D eigenvalue weighted by Crippen LogP contribution is -2.62.